The normalized spacial score (nSPS) is 20.7. The van der Waals surface area contributed by atoms with Crippen LogP contribution in [0.25, 0.3) is 10.9 Å². The lowest BCUT2D eigenvalue weighted by atomic mass is 10.1. The van der Waals surface area contributed by atoms with Crippen molar-refractivity contribution in [3.8, 4) is 0 Å². The number of H-pyrrole nitrogens is 1. The van der Waals surface area contributed by atoms with Crippen molar-refractivity contribution < 1.29 is 9.59 Å². The average Bonchev–Trinajstić information content (AvgIpc) is 3.28. The van der Waals surface area contributed by atoms with Gasteiger partial charge in [0.1, 0.15) is 12.6 Å². The number of para-hydroxylation sites is 1. The lowest BCUT2D eigenvalue weighted by Gasteiger charge is -2.32. The van der Waals surface area contributed by atoms with Crippen LogP contribution in [0, 0.1) is 0 Å². The van der Waals surface area contributed by atoms with Crippen molar-refractivity contribution >= 4 is 22.7 Å². The molecule has 138 valence electrons. The van der Waals surface area contributed by atoms with E-state index in [1.54, 1.807) is 17.0 Å². The molecular formula is C19H24N4O3. The van der Waals surface area contributed by atoms with Crippen molar-refractivity contribution in [2.75, 3.05) is 19.6 Å². The number of nitrogens with one attached hydrogen (secondary N) is 1. The summed E-state index contributed by atoms with van der Waals surface area (Å²) in [6.07, 6.45) is 4.79. The zero-order valence-electron chi connectivity index (χ0n) is 14.8. The Morgan fingerprint density at radius 2 is 1.81 bits per heavy atom. The van der Waals surface area contributed by atoms with Gasteiger partial charge in [-0.1, -0.05) is 12.1 Å². The summed E-state index contributed by atoms with van der Waals surface area (Å²) in [7, 11) is 0. The van der Waals surface area contributed by atoms with E-state index in [9.17, 15) is 14.4 Å². The van der Waals surface area contributed by atoms with Crippen molar-refractivity contribution in [2.24, 2.45) is 0 Å². The number of nitrogens with zero attached hydrogens (tertiary/aromatic N) is 3. The van der Waals surface area contributed by atoms with Crippen LogP contribution in [0.1, 0.15) is 32.1 Å². The fourth-order valence-electron chi connectivity index (χ4n) is 4.09. The Bertz CT molecular complexity index is 878. The van der Waals surface area contributed by atoms with E-state index in [1.807, 2.05) is 17.0 Å². The number of amides is 2. The third kappa shape index (κ3) is 3.02. The highest BCUT2D eigenvalue weighted by Crippen LogP contribution is 2.22. The molecule has 2 aliphatic heterocycles. The van der Waals surface area contributed by atoms with Crippen LogP contribution < -0.4 is 5.56 Å². The van der Waals surface area contributed by atoms with E-state index in [1.165, 1.54) is 11.1 Å². The van der Waals surface area contributed by atoms with Gasteiger partial charge in [0.15, 0.2) is 0 Å². The minimum absolute atomic E-state index is 0.0582. The maximum absolute atomic E-state index is 12.8. The number of aromatic amines is 1. The summed E-state index contributed by atoms with van der Waals surface area (Å²) in [4.78, 5) is 41.6. The number of benzene rings is 1. The van der Waals surface area contributed by atoms with Gasteiger partial charge in [-0.15, -0.1) is 0 Å². The third-order valence-electron chi connectivity index (χ3n) is 5.48. The lowest BCUT2D eigenvalue weighted by molar-refractivity contribution is -0.144. The Kier molecular flexibility index (Phi) is 4.53. The lowest BCUT2D eigenvalue weighted by Crippen LogP contribution is -2.50. The molecule has 2 aliphatic rings. The first-order chi connectivity index (χ1) is 12.6. The molecule has 1 atom stereocenters. The van der Waals surface area contributed by atoms with Crippen molar-refractivity contribution in [1.29, 1.82) is 0 Å². The Hall–Kier alpha value is -2.57. The maximum atomic E-state index is 12.8. The molecule has 2 fully saturated rings. The SMILES string of the molecule is O=C([C@@H]1CCCN1C(=O)Cn1[nH]c2ccccc2c1=O)N1CCCCC1. The van der Waals surface area contributed by atoms with Crippen LogP contribution in [0.5, 0.6) is 0 Å². The minimum atomic E-state index is -0.374. The molecule has 2 aromatic rings. The van der Waals surface area contributed by atoms with Crippen LogP contribution in [0.4, 0.5) is 0 Å². The van der Waals surface area contributed by atoms with E-state index < -0.39 is 0 Å². The van der Waals surface area contributed by atoms with E-state index in [0.29, 0.717) is 23.9 Å². The van der Waals surface area contributed by atoms with E-state index in [-0.39, 0.29) is 30.0 Å². The second kappa shape index (κ2) is 6.97. The summed E-state index contributed by atoms with van der Waals surface area (Å²) in [6, 6.07) is 6.83. The van der Waals surface area contributed by atoms with Gasteiger partial charge in [0.25, 0.3) is 5.56 Å². The first-order valence-electron chi connectivity index (χ1n) is 9.41. The first-order valence-corrected chi connectivity index (χ1v) is 9.41. The molecule has 1 aromatic heterocycles. The van der Waals surface area contributed by atoms with Crippen LogP contribution in [-0.2, 0) is 16.1 Å². The average molecular weight is 356 g/mol. The van der Waals surface area contributed by atoms with Crippen LogP contribution in [0.2, 0.25) is 0 Å². The molecule has 2 amide bonds. The molecule has 2 saturated heterocycles. The van der Waals surface area contributed by atoms with Gasteiger partial charge in [0.05, 0.1) is 10.9 Å². The molecule has 3 heterocycles. The second-order valence-corrected chi connectivity index (χ2v) is 7.18. The second-order valence-electron chi connectivity index (χ2n) is 7.18. The van der Waals surface area contributed by atoms with Gasteiger partial charge >= 0.3 is 0 Å². The first kappa shape index (κ1) is 16.9. The highest BCUT2D eigenvalue weighted by molar-refractivity contribution is 5.88. The topological polar surface area (TPSA) is 78.4 Å². The highest BCUT2D eigenvalue weighted by atomic mass is 16.2. The van der Waals surface area contributed by atoms with E-state index >= 15 is 0 Å². The van der Waals surface area contributed by atoms with E-state index in [0.717, 1.165) is 32.4 Å². The number of carbonyl (C=O) groups excluding carboxylic acids is 2. The number of rotatable bonds is 3. The summed E-state index contributed by atoms with van der Waals surface area (Å²) in [5.74, 6) is -0.106. The smallest absolute Gasteiger partial charge is 0.274 e. The number of hydrogen-bond donors (Lipinski definition) is 1. The van der Waals surface area contributed by atoms with Gasteiger partial charge in [-0.05, 0) is 44.2 Å². The van der Waals surface area contributed by atoms with Crippen LogP contribution in [0.15, 0.2) is 29.1 Å². The van der Waals surface area contributed by atoms with Crippen LogP contribution >= 0.6 is 0 Å². The Morgan fingerprint density at radius 1 is 1.04 bits per heavy atom. The molecule has 0 radical (unpaired) electrons. The maximum Gasteiger partial charge on any atom is 0.274 e. The highest BCUT2D eigenvalue weighted by Gasteiger charge is 2.36. The molecule has 7 nitrogen and oxygen atoms in total. The minimum Gasteiger partial charge on any atom is -0.341 e. The molecule has 1 N–H and O–H groups in total. The summed E-state index contributed by atoms with van der Waals surface area (Å²) in [6.45, 7) is 2.10. The van der Waals surface area contributed by atoms with Gasteiger partial charge in [-0.25, -0.2) is 4.68 Å². The zero-order chi connectivity index (χ0) is 18.1. The number of fused-ring (bicyclic) bond motifs is 1. The Morgan fingerprint density at radius 3 is 2.58 bits per heavy atom. The molecule has 0 aliphatic carbocycles. The van der Waals surface area contributed by atoms with Gasteiger partial charge in [-0.2, -0.15) is 0 Å². The van der Waals surface area contributed by atoms with Gasteiger partial charge in [-0.3, -0.25) is 19.5 Å². The molecule has 0 spiro atoms. The van der Waals surface area contributed by atoms with Crippen molar-refractivity contribution in [2.45, 2.75) is 44.7 Å². The number of hydrogen-bond acceptors (Lipinski definition) is 3. The Labute approximate surface area is 151 Å². The predicted octanol–water partition coefficient (Wildman–Crippen LogP) is 1.33. The van der Waals surface area contributed by atoms with Gasteiger partial charge in [0.2, 0.25) is 11.8 Å². The van der Waals surface area contributed by atoms with E-state index in [4.69, 9.17) is 0 Å². The van der Waals surface area contributed by atoms with Crippen LogP contribution in [-0.4, -0.2) is 57.1 Å². The molecule has 0 bridgehead atoms. The number of aromatic nitrogens is 2. The molecule has 1 aromatic carbocycles. The third-order valence-corrected chi connectivity index (χ3v) is 5.48. The number of likely N-dealkylation sites (tertiary alicyclic amines) is 2. The van der Waals surface area contributed by atoms with Gasteiger partial charge in [0, 0.05) is 19.6 Å². The number of piperidine rings is 1. The van der Waals surface area contributed by atoms with Gasteiger partial charge < -0.3 is 9.80 Å². The molecule has 0 saturated carbocycles. The van der Waals surface area contributed by atoms with Crippen molar-refractivity contribution in [3.05, 3.63) is 34.6 Å². The van der Waals surface area contributed by atoms with Crippen molar-refractivity contribution in [3.63, 3.8) is 0 Å². The molecule has 0 unspecified atom stereocenters. The quantitative estimate of drug-likeness (QED) is 0.901. The Balaban J connectivity index is 1.50. The fraction of sp³-hybridized carbons (Fsp3) is 0.526. The predicted molar refractivity (Wildman–Crippen MR) is 97.7 cm³/mol. The van der Waals surface area contributed by atoms with Crippen LogP contribution in [0.3, 0.4) is 0 Å². The largest absolute Gasteiger partial charge is 0.341 e. The summed E-state index contributed by atoms with van der Waals surface area (Å²) >= 11 is 0. The molecule has 7 heteroatoms. The fourth-order valence-corrected chi connectivity index (χ4v) is 4.09. The summed E-state index contributed by atoms with van der Waals surface area (Å²) < 4.78 is 1.34. The molecule has 26 heavy (non-hydrogen) atoms. The monoisotopic (exact) mass is 356 g/mol. The van der Waals surface area contributed by atoms with E-state index in [2.05, 4.69) is 5.10 Å². The zero-order valence-corrected chi connectivity index (χ0v) is 14.8. The summed E-state index contributed by atoms with van der Waals surface area (Å²) in [5.41, 5.74) is 0.514. The standard InChI is InChI=1S/C19H24N4O3/c24-17(13-23-18(25)14-7-2-3-8-15(14)20-23)22-12-6-9-16(22)19(26)21-10-4-1-5-11-21/h2-3,7-8,16,20H,1,4-6,9-13H2/t16-/m0/s1. The summed E-state index contributed by atoms with van der Waals surface area (Å²) in [5, 5.41) is 3.56. The number of carbonyl (C=O) groups is 2. The molecule has 4 rings (SSSR count). The molecular weight excluding hydrogens is 332 g/mol. The van der Waals surface area contributed by atoms with Crippen molar-refractivity contribution in [1.82, 2.24) is 19.6 Å².